The Labute approximate surface area is 154 Å². The summed E-state index contributed by atoms with van der Waals surface area (Å²) in [6.45, 7) is 4.49. The van der Waals surface area contributed by atoms with Crippen LogP contribution in [0.2, 0.25) is 0 Å². The molecule has 1 amide bonds. The lowest BCUT2D eigenvalue weighted by atomic mass is 10.1. The van der Waals surface area contributed by atoms with E-state index in [1.807, 2.05) is 31.2 Å². The third-order valence-electron chi connectivity index (χ3n) is 3.99. The first-order valence-corrected chi connectivity index (χ1v) is 10.1. The van der Waals surface area contributed by atoms with Gasteiger partial charge in [0, 0.05) is 12.6 Å². The summed E-state index contributed by atoms with van der Waals surface area (Å²) < 4.78 is 30.2. The minimum Gasteiger partial charge on any atom is -0.492 e. The molecule has 0 aromatic heterocycles. The first kappa shape index (κ1) is 19.8. The van der Waals surface area contributed by atoms with Crippen molar-refractivity contribution in [1.29, 1.82) is 0 Å². The van der Waals surface area contributed by atoms with Crippen LogP contribution in [0.4, 0.5) is 5.69 Å². The highest BCUT2D eigenvalue weighted by Crippen LogP contribution is 2.22. The smallest absolute Gasteiger partial charge is 0.251 e. The fourth-order valence-corrected chi connectivity index (χ4v) is 2.89. The van der Waals surface area contributed by atoms with Crippen LogP contribution in [-0.4, -0.2) is 40.8 Å². The molecule has 6 nitrogen and oxygen atoms in total. The molecule has 0 saturated heterocycles. The van der Waals surface area contributed by atoms with Gasteiger partial charge in [-0.05, 0) is 43.7 Å². The first-order chi connectivity index (χ1) is 12.2. The molecule has 1 N–H and O–H groups in total. The number of amides is 1. The zero-order valence-corrected chi connectivity index (χ0v) is 16.3. The maximum absolute atomic E-state index is 12.3. The molecule has 0 atom stereocenters. The molecule has 0 heterocycles. The number of hydrogen-bond acceptors (Lipinski definition) is 4. The van der Waals surface area contributed by atoms with Crippen molar-refractivity contribution in [1.82, 2.24) is 5.32 Å². The molecule has 26 heavy (non-hydrogen) atoms. The molecule has 0 aliphatic carbocycles. The summed E-state index contributed by atoms with van der Waals surface area (Å²) in [6.07, 6.45) is 1.13. The number of nitrogens with one attached hydrogen (secondary N) is 1. The van der Waals surface area contributed by atoms with Crippen molar-refractivity contribution in [3.63, 3.8) is 0 Å². The van der Waals surface area contributed by atoms with Gasteiger partial charge in [0.1, 0.15) is 12.4 Å². The Morgan fingerprint density at radius 1 is 1.12 bits per heavy atom. The maximum Gasteiger partial charge on any atom is 0.251 e. The fourth-order valence-electron chi connectivity index (χ4n) is 2.34. The second-order valence-corrected chi connectivity index (χ2v) is 8.16. The molecular formula is C19H24N2O4S. The zero-order valence-electron chi connectivity index (χ0n) is 15.4. The number of hydrogen-bond donors (Lipinski definition) is 1. The molecule has 7 heteroatoms. The highest BCUT2D eigenvalue weighted by molar-refractivity contribution is 7.92. The molecule has 0 spiro atoms. The summed E-state index contributed by atoms with van der Waals surface area (Å²) in [5.74, 6) is 0.470. The molecule has 140 valence electrons. The largest absolute Gasteiger partial charge is 0.492 e. The third-order valence-corrected chi connectivity index (χ3v) is 5.18. The standard InChI is InChI=1S/C19H24N2O4S/c1-14-5-9-17(10-6-14)25-12-11-20-19(22)16-8-7-15(2)18(13-16)21(3)26(4,23)24/h5-10,13H,11-12H2,1-4H3,(H,20,22). The number of anilines is 1. The molecule has 2 aromatic carbocycles. The van der Waals surface area contributed by atoms with Crippen LogP contribution in [0, 0.1) is 13.8 Å². The number of sulfonamides is 1. The average molecular weight is 376 g/mol. The number of benzene rings is 2. The molecule has 0 aliphatic rings. The summed E-state index contributed by atoms with van der Waals surface area (Å²) in [5.41, 5.74) is 2.81. The Morgan fingerprint density at radius 3 is 2.38 bits per heavy atom. The van der Waals surface area contributed by atoms with E-state index in [0.717, 1.165) is 23.1 Å². The van der Waals surface area contributed by atoms with Crippen LogP contribution in [-0.2, 0) is 10.0 Å². The van der Waals surface area contributed by atoms with Crippen LogP contribution in [0.1, 0.15) is 21.5 Å². The Kier molecular flexibility index (Phi) is 6.26. The van der Waals surface area contributed by atoms with E-state index in [2.05, 4.69) is 5.32 Å². The van der Waals surface area contributed by atoms with Gasteiger partial charge in [-0.1, -0.05) is 23.8 Å². The molecule has 0 fully saturated rings. The van der Waals surface area contributed by atoms with Crippen molar-refractivity contribution in [3.8, 4) is 5.75 Å². The van der Waals surface area contributed by atoms with E-state index >= 15 is 0 Å². The van der Waals surface area contributed by atoms with Crippen LogP contribution in [0.3, 0.4) is 0 Å². The van der Waals surface area contributed by atoms with E-state index in [1.54, 1.807) is 25.1 Å². The third kappa shape index (κ3) is 5.23. The van der Waals surface area contributed by atoms with Crippen LogP contribution in [0.15, 0.2) is 42.5 Å². The molecular weight excluding hydrogens is 352 g/mol. The van der Waals surface area contributed by atoms with Crippen molar-refractivity contribution in [3.05, 3.63) is 59.2 Å². The first-order valence-electron chi connectivity index (χ1n) is 8.20. The lowest BCUT2D eigenvalue weighted by Gasteiger charge is -2.19. The van der Waals surface area contributed by atoms with Crippen LogP contribution in [0.5, 0.6) is 5.75 Å². The van der Waals surface area contributed by atoms with Crippen molar-refractivity contribution >= 4 is 21.6 Å². The van der Waals surface area contributed by atoms with Crippen molar-refractivity contribution in [2.24, 2.45) is 0 Å². The van der Waals surface area contributed by atoms with E-state index in [0.29, 0.717) is 24.4 Å². The van der Waals surface area contributed by atoms with E-state index in [1.165, 1.54) is 11.4 Å². The second kappa shape index (κ2) is 8.23. The Bertz CT molecular complexity index is 877. The summed E-state index contributed by atoms with van der Waals surface area (Å²) in [4.78, 5) is 12.3. The Hall–Kier alpha value is -2.54. The van der Waals surface area contributed by atoms with Gasteiger partial charge in [0.15, 0.2) is 0 Å². The van der Waals surface area contributed by atoms with Gasteiger partial charge < -0.3 is 10.1 Å². The highest BCUT2D eigenvalue weighted by Gasteiger charge is 2.16. The molecule has 0 radical (unpaired) electrons. The van der Waals surface area contributed by atoms with Crippen LogP contribution >= 0.6 is 0 Å². The van der Waals surface area contributed by atoms with Gasteiger partial charge in [-0.3, -0.25) is 9.10 Å². The highest BCUT2D eigenvalue weighted by atomic mass is 32.2. The van der Waals surface area contributed by atoms with Gasteiger partial charge in [0.25, 0.3) is 5.91 Å². The van der Waals surface area contributed by atoms with Crippen molar-refractivity contribution in [2.45, 2.75) is 13.8 Å². The number of ether oxygens (including phenoxy) is 1. The van der Waals surface area contributed by atoms with Crippen LogP contribution in [0.25, 0.3) is 0 Å². The van der Waals surface area contributed by atoms with E-state index < -0.39 is 10.0 Å². The van der Waals surface area contributed by atoms with E-state index in [9.17, 15) is 13.2 Å². The monoisotopic (exact) mass is 376 g/mol. The number of aryl methyl sites for hydroxylation is 2. The summed E-state index contributed by atoms with van der Waals surface area (Å²) in [5, 5.41) is 2.77. The zero-order chi connectivity index (χ0) is 19.3. The number of nitrogens with zero attached hydrogens (tertiary/aromatic N) is 1. The van der Waals surface area contributed by atoms with Crippen molar-refractivity contribution in [2.75, 3.05) is 30.8 Å². The summed E-state index contributed by atoms with van der Waals surface area (Å²) in [7, 11) is -1.93. The topological polar surface area (TPSA) is 75.7 Å². The van der Waals surface area contributed by atoms with Crippen molar-refractivity contribution < 1.29 is 17.9 Å². The fraction of sp³-hybridized carbons (Fsp3) is 0.316. The lowest BCUT2D eigenvalue weighted by molar-refractivity contribution is 0.0947. The summed E-state index contributed by atoms with van der Waals surface area (Å²) in [6, 6.07) is 12.7. The predicted molar refractivity (Wildman–Crippen MR) is 103 cm³/mol. The molecule has 0 unspecified atom stereocenters. The van der Waals surface area contributed by atoms with Gasteiger partial charge in [-0.15, -0.1) is 0 Å². The second-order valence-electron chi connectivity index (χ2n) is 6.15. The van der Waals surface area contributed by atoms with Gasteiger partial charge in [-0.2, -0.15) is 0 Å². The molecule has 0 aliphatic heterocycles. The van der Waals surface area contributed by atoms with Crippen LogP contribution < -0.4 is 14.4 Å². The minimum atomic E-state index is -3.39. The van der Waals surface area contributed by atoms with Gasteiger partial charge in [0.2, 0.25) is 10.0 Å². The number of rotatable bonds is 7. The molecule has 0 saturated carbocycles. The number of carbonyl (C=O) groups is 1. The van der Waals surface area contributed by atoms with E-state index in [4.69, 9.17) is 4.74 Å². The lowest BCUT2D eigenvalue weighted by Crippen LogP contribution is -2.29. The normalized spacial score (nSPS) is 11.1. The predicted octanol–water partition coefficient (Wildman–Crippen LogP) is 2.51. The molecule has 2 aromatic rings. The SMILES string of the molecule is Cc1ccc(OCCNC(=O)c2ccc(C)c(N(C)S(C)(=O)=O)c2)cc1. The average Bonchev–Trinajstić information content (AvgIpc) is 2.59. The van der Waals surface area contributed by atoms with E-state index in [-0.39, 0.29) is 5.91 Å². The number of carbonyl (C=O) groups excluding carboxylic acids is 1. The van der Waals surface area contributed by atoms with Gasteiger partial charge >= 0.3 is 0 Å². The molecule has 0 bridgehead atoms. The minimum absolute atomic E-state index is 0.277. The molecule has 2 rings (SSSR count). The Morgan fingerprint density at radius 2 is 1.77 bits per heavy atom. The summed E-state index contributed by atoms with van der Waals surface area (Å²) >= 11 is 0. The maximum atomic E-state index is 12.3. The van der Waals surface area contributed by atoms with Gasteiger partial charge in [0.05, 0.1) is 18.5 Å². The quantitative estimate of drug-likeness (QED) is 0.754. The Balaban J connectivity index is 1.96. The van der Waals surface area contributed by atoms with Gasteiger partial charge in [-0.25, -0.2) is 8.42 Å².